The zero-order valence-corrected chi connectivity index (χ0v) is 10.4. The minimum atomic E-state index is 0.418. The van der Waals surface area contributed by atoms with Crippen LogP contribution in [0.25, 0.3) is 0 Å². The molecule has 0 bridgehead atoms. The molecule has 0 radical (unpaired) electrons. The number of aryl methyl sites for hydroxylation is 2. The second-order valence-electron chi connectivity index (χ2n) is 4.82. The minimum Gasteiger partial charge on any atom is -0.383 e. The largest absolute Gasteiger partial charge is 0.383 e. The molecule has 1 aromatic rings. The number of ether oxygens (including phenoxy) is 1. The van der Waals surface area contributed by atoms with Crippen molar-refractivity contribution in [3.8, 4) is 0 Å². The van der Waals surface area contributed by atoms with E-state index in [4.69, 9.17) is 4.74 Å². The Labute approximate surface area is 98.0 Å². The predicted molar refractivity (Wildman–Crippen MR) is 66.7 cm³/mol. The second kappa shape index (κ2) is 4.98. The van der Waals surface area contributed by atoms with Gasteiger partial charge in [0.2, 0.25) is 0 Å². The average Bonchev–Trinajstić information content (AvgIpc) is 2.61. The summed E-state index contributed by atoms with van der Waals surface area (Å²) in [5.41, 5.74) is 4.35. The summed E-state index contributed by atoms with van der Waals surface area (Å²) in [5.74, 6) is 0. The van der Waals surface area contributed by atoms with Gasteiger partial charge in [0, 0.05) is 19.2 Å². The van der Waals surface area contributed by atoms with Gasteiger partial charge >= 0.3 is 0 Å². The normalized spacial score (nSPS) is 20.8. The van der Waals surface area contributed by atoms with Gasteiger partial charge in [0.05, 0.1) is 6.61 Å². The van der Waals surface area contributed by atoms with E-state index in [0.717, 1.165) is 6.61 Å². The molecule has 2 nitrogen and oxygen atoms in total. The minimum absolute atomic E-state index is 0.418. The van der Waals surface area contributed by atoms with Gasteiger partial charge in [-0.05, 0) is 37.8 Å². The van der Waals surface area contributed by atoms with Gasteiger partial charge in [0.1, 0.15) is 0 Å². The highest BCUT2D eigenvalue weighted by Gasteiger charge is 2.23. The van der Waals surface area contributed by atoms with Crippen LogP contribution in [0.2, 0.25) is 0 Å². The fourth-order valence-corrected chi connectivity index (χ4v) is 2.54. The standard InChI is InChI=1S/C14H21NO/c1-10-4-5-12-6-7-14(13(12)8-10)15-11(2)9-16-3/h4-5,8,11,14-15H,6-7,9H2,1-3H3. The van der Waals surface area contributed by atoms with Crippen LogP contribution in [0.3, 0.4) is 0 Å². The molecule has 0 aliphatic heterocycles. The quantitative estimate of drug-likeness (QED) is 0.840. The maximum atomic E-state index is 5.16. The highest BCUT2D eigenvalue weighted by Crippen LogP contribution is 2.31. The first-order valence-corrected chi connectivity index (χ1v) is 6.05. The Morgan fingerprint density at radius 2 is 2.31 bits per heavy atom. The van der Waals surface area contributed by atoms with E-state index in [1.807, 2.05) is 0 Å². The maximum Gasteiger partial charge on any atom is 0.0613 e. The molecule has 0 saturated carbocycles. The van der Waals surface area contributed by atoms with Gasteiger partial charge in [-0.3, -0.25) is 0 Å². The van der Waals surface area contributed by atoms with E-state index >= 15 is 0 Å². The number of methoxy groups -OCH3 is 1. The van der Waals surface area contributed by atoms with E-state index in [0.29, 0.717) is 12.1 Å². The topological polar surface area (TPSA) is 21.3 Å². The van der Waals surface area contributed by atoms with Crippen LogP contribution in [0.4, 0.5) is 0 Å². The van der Waals surface area contributed by atoms with Crippen LogP contribution in [0.15, 0.2) is 18.2 Å². The molecule has 2 atom stereocenters. The monoisotopic (exact) mass is 219 g/mol. The number of benzene rings is 1. The zero-order chi connectivity index (χ0) is 11.5. The second-order valence-corrected chi connectivity index (χ2v) is 4.82. The molecular formula is C14H21NO. The average molecular weight is 219 g/mol. The molecule has 88 valence electrons. The summed E-state index contributed by atoms with van der Waals surface area (Å²) in [6.07, 6.45) is 2.42. The Hall–Kier alpha value is -0.860. The Morgan fingerprint density at radius 1 is 1.50 bits per heavy atom. The molecule has 2 rings (SSSR count). The Balaban J connectivity index is 2.08. The first kappa shape index (κ1) is 11.6. The molecule has 0 fully saturated rings. The lowest BCUT2D eigenvalue weighted by molar-refractivity contribution is 0.166. The lowest BCUT2D eigenvalue weighted by atomic mass is 10.0. The van der Waals surface area contributed by atoms with Crippen LogP contribution in [0.5, 0.6) is 0 Å². The highest BCUT2D eigenvalue weighted by molar-refractivity contribution is 5.37. The van der Waals surface area contributed by atoms with Crippen molar-refractivity contribution in [2.45, 2.75) is 38.8 Å². The number of hydrogen-bond acceptors (Lipinski definition) is 2. The molecule has 2 unspecified atom stereocenters. The van der Waals surface area contributed by atoms with Crippen molar-refractivity contribution < 1.29 is 4.74 Å². The van der Waals surface area contributed by atoms with Crippen molar-refractivity contribution in [2.75, 3.05) is 13.7 Å². The molecule has 1 N–H and O–H groups in total. The summed E-state index contributed by atoms with van der Waals surface area (Å²) in [6, 6.07) is 7.73. The third-order valence-corrected chi connectivity index (χ3v) is 3.28. The van der Waals surface area contributed by atoms with E-state index < -0.39 is 0 Å². The van der Waals surface area contributed by atoms with Crippen molar-refractivity contribution in [1.82, 2.24) is 5.32 Å². The van der Waals surface area contributed by atoms with E-state index in [9.17, 15) is 0 Å². The van der Waals surface area contributed by atoms with Gasteiger partial charge in [-0.15, -0.1) is 0 Å². The molecule has 16 heavy (non-hydrogen) atoms. The van der Waals surface area contributed by atoms with Crippen molar-refractivity contribution in [3.63, 3.8) is 0 Å². The lowest BCUT2D eigenvalue weighted by Crippen LogP contribution is -2.32. The van der Waals surface area contributed by atoms with Gasteiger partial charge in [-0.2, -0.15) is 0 Å². The SMILES string of the molecule is COCC(C)NC1CCc2ccc(C)cc21. The van der Waals surface area contributed by atoms with Crippen molar-refractivity contribution in [2.24, 2.45) is 0 Å². The predicted octanol–water partition coefficient (Wildman–Crippen LogP) is 2.61. The van der Waals surface area contributed by atoms with Crippen LogP contribution in [0.1, 0.15) is 36.1 Å². The summed E-state index contributed by atoms with van der Waals surface area (Å²) in [6.45, 7) is 5.11. The van der Waals surface area contributed by atoms with Crippen LogP contribution in [0, 0.1) is 6.92 Å². The summed E-state index contributed by atoms with van der Waals surface area (Å²) >= 11 is 0. The number of rotatable bonds is 4. The molecule has 2 heteroatoms. The van der Waals surface area contributed by atoms with Gasteiger partial charge < -0.3 is 10.1 Å². The summed E-state index contributed by atoms with van der Waals surface area (Å²) in [5, 5.41) is 3.64. The third kappa shape index (κ3) is 2.45. The van der Waals surface area contributed by atoms with Crippen LogP contribution in [-0.4, -0.2) is 19.8 Å². The van der Waals surface area contributed by atoms with E-state index in [1.54, 1.807) is 7.11 Å². The smallest absolute Gasteiger partial charge is 0.0613 e. The Bertz CT molecular complexity index is 362. The molecular weight excluding hydrogens is 198 g/mol. The van der Waals surface area contributed by atoms with Crippen LogP contribution in [-0.2, 0) is 11.2 Å². The fraction of sp³-hybridized carbons (Fsp3) is 0.571. The van der Waals surface area contributed by atoms with Crippen LogP contribution < -0.4 is 5.32 Å². The van der Waals surface area contributed by atoms with Crippen molar-refractivity contribution in [1.29, 1.82) is 0 Å². The number of nitrogens with one attached hydrogen (secondary N) is 1. The third-order valence-electron chi connectivity index (χ3n) is 3.28. The molecule has 1 aromatic carbocycles. The lowest BCUT2D eigenvalue weighted by Gasteiger charge is -2.20. The Kier molecular flexibility index (Phi) is 3.62. The highest BCUT2D eigenvalue weighted by atomic mass is 16.5. The van der Waals surface area contributed by atoms with Gasteiger partial charge in [0.15, 0.2) is 0 Å². The van der Waals surface area contributed by atoms with Crippen molar-refractivity contribution >= 4 is 0 Å². The fourth-order valence-electron chi connectivity index (χ4n) is 2.54. The molecule has 0 aromatic heterocycles. The van der Waals surface area contributed by atoms with Crippen molar-refractivity contribution in [3.05, 3.63) is 34.9 Å². The molecule has 1 aliphatic rings. The molecule has 0 saturated heterocycles. The van der Waals surface area contributed by atoms with Gasteiger partial charge in [-0.1, -0.05) is 23.8 Å². The zero-order valence-electron chi connectivity index (χ0n) is 10.4. The molecule has 0 amide bonds. The van der Waals surface area contributed by atoms with E-state index in [1.165, 1.54) is 29.5 Å². The molecule has 0 spiro atoms. The van der Waals surface area contributed by atoms with E-state index in [2.05, 4.69) is 37.4 Å². The first-order valence-electron chi connectivity index (χ1n) is 6.05. The van der Waals surface area contributed by atoms with E-state index in [-0.39, 0.29) is 0 Å². The maximum absolute atomic E-state index is 5.16. The molecule has 1 aliphatic carbocycles. The van der Waals surface area contributed by atoms with Crippen LogP contribution >= 0.6 is 0 Å². The summed E-state index contributed by atoms with van der Waals surface area (Å²) in [4.78, 5) is 0. The first-order chi connectivity index (χ1) is 7.70. The number of fused-ring (bicyclic) bond motifs is 1. The summed E-state index contributed by atoms with van der Waals surface area (Å²) < 4.78 is 5.16. The Morgan fingerprint density at radius 3 is 3.06 bits per heavy atom. The summed E-state index contributed by atoms with van der Waals surface area (Å²) in [7, 11) is 1.75. The molecule has 0 heterocycles. The van der Waals surface area contributed by atoms with Gasteiger partial charge in [0.25, 0.3) is 0 Å². The number of hydrogen-bond donors (Lipinski definition) is 1. The van der Waals surface area contributed by atoms with Gasteiger partial charge in [-0.25, -0.2) is 0 Å².